The highest BCUT2D eigenvalue weighted by Crippen LogP contribution is 2.13. The molecule has 0 saturated heterocycles. The molecule has 16 heavy (non-hydrogen) atoms. The Kier molecular flexibility index (Phi) is 3.14. The van der Waals surface area contributed by atoms with Crippen molar-refractivity contribution in [2.24, 2.45) is 0 Å². The Hall–Kier alpha value is -1.50. The SMILES string of the molecule is [B]c1ccc(Cc2ccccc2C)cc1C. The van der Waals surface area contributed by atoms with Crippen molar-refractivity contribution in [3.05, 3.63) is 64.7 Å². The zero-order chi connectivity index (χ0) is 11.5. The summed E-state index contributed by atoms with van der Waals surface area (Å²) in [5, 5.41) is 0. The maximum Gasteiger partial charge on any atom is 0.114 e. The minimum absolute atomic E-state index is 0.869. The van der Waals surface area contributed by atoms with Gasteiger partial charge in [0.25, 0.3) is 0 Å². The fourth-order valence-corrected chi connectivity index (χ4v) is 1.88. The molecule has 0 spiro atoms. The van der Waals surface area contributed by atoms with Crippen LogP contribution in [0, 0.1) is 13.8 Å². The first kappa shape index (κ1) is 11.0. The molecule has 0 aliphatic heterocycles. The molecule has 0 nitrogen and oxygen atoms in total. The Morgan fingerprint density at radius 3 is 2.38 bits per heavy atom. The van der Waals surface area contributed by atoms with Crippen molar-refractivity contribution in [1.29, 1.82) is 0 Å². The van der Waals surface area contributed by atoms with E-state index in [1.165, 1.54) is 16.7 Å². The standard InChI is InChI=1S/C15H15B/c1-11-5-3-4-6-14(11)10-13-7-8-15(16)12(2)9-13/h3-9H,10H2,1-2H3. The first-order chi connectivity index (χ1) is 7.66. The second-order valence-corrected chi connectivity index (χ2v) is 4.29. The fourth-order valence-electron chi connectivity index (χ4n) is 1.88. The number of benzene rings is 2. The molecule has 1 heteroatoms. The third-order valence-electron chi connectivity index (χ3n) is 2.99. The summed E-state index contributed by atoms with van der Waals surface area (Å²) >= 11 is 0. The molecule has 78 valence electrons. The van der Waals surface area contributed by atoms with E-state index in [2.05, 4.69) is 50.2 Å². The molecule has 0 fully saturated rings. The summed E-state index contributed by atoms with van der Waals surface area (Å²) in [4.78, 5) is 0. The minimum atomic E-state index is 0.869. The van der Waals surface area contributed by atoms with Crippen LogP contribution in [0.25, 0.3) is 0 Å². The van der Waals surface area contributed by atoms with Crippen LogP contribution in [0.2, 0.25) is 0 Å². The van der Waals surface area contributed by atoms with Crippen molar-refractivity contribution in [3.8, 4) is 0 Å². The van der Waals surface area contributed by atoms with Crippen LogP contribution >= 0.6 is 0 Å². The van der Waals surface area contributed by atoms with Crippen LogP contribution in [0.5, 0.6) is 0 Å². The molecule has 2 aromatic rings. The first-order valence-electron chi connectivity index (χ1n) is 5.56. The lowest BCUT2D eigenvalue weighted by Crippen LogP contribution is -2.07. The Morgan fingerprint density at radius 1 is 0.938 bits per heavy atom. The van der Waals surface area contributed by atoms with Crippen LogP contribution in [-0.2, 0) is 6.42 Å². The Morgan fingerprint density at radius 2 is 1.69 bits per heavy atom. The average Bonchev–Trinajstić information content (AvgIpc) is 2.27. The smallest absolute Gasteiger partial charge is 0.0938 e. The van der Waals surface area contributed by atoms with Crippen molar-refractivity contribution in [2.45, 2.75) is 20.3 Å². The molecule has 0 amide bonds. The van der Waals surface area contributed by atoms with E-state index in [0.717, 1.165) is 17.4 Å². The van der Waals surface area contributed by atoms with Crippen molar-refractivity contribution < 1.29 is 0 Å². The number of aryl methyl sites for hydroxylation is 2. The predicted octanol–water partition coefficient (Wildman–Crippen LogP) is 2.69. The van der Waals surface area contributed by atoms with Gasteiger partial charge in [0.05, 0.1) is 0 Å². The highest BCUT2D eigenvalue weighted by atomic mass is 14.0. The lowest BCUT2D eigenvalue weighted by molar-refractivity contribution is 1.15. The normalized spacial score (nSPS) is 10.4. The third kappa shape index (κ3) is 2.36. The zero-order valence-electron chi connectivity index (χ0n) is 9.83. The van der Waals surface area contributed by atoms with Gasteiger partial charge in [-0.25, -0.2) is 0 Å². The summed E-state index contributed by atoms with van der Waals surface area (Å²) < 4.78 is 0. The second-order valence-electron chi connectivity index (χ2n) is 4.29. The fraction of sp³-hybridized carbons (Fsp3) is 0.200. The highest BCUT2D eigenvalue weighted by molar-refractivity contribution is 6.33. The summed E-state index contributed by atoms with van der Waals surface area (Å²) in [6.07, 6.45) is 0.980. The third-order valence-corrected chi connectivity index (χ3v) is 2.99. The number of rotatable bonds is 2. The molecule has 0 aliphatic carbocycles. The monoisotopic (exact) mass is 206 g/mol. The molecule has 0 atom stereocenters. The zero-order valence-corrected chi connectivity index (χ0v) is 9.83. The average molecular weight is 206 g/mol. The molecule has 0 unspecified atom stereocenters. The van der Waals surface area contributed by atoms with Crippen LogP contribution in [0.4, 0.5) is 0 Å². The first-order valence-corrected chi connectivity index (χ1v) is 5.56. The van der Waals surface area contributed by atoms with Gasteiger partial charge < -0.3 is 0 Å². The lowest BCUT2D eigenvalue weighted by atomic mass is 9.89. The highest BCUT2D eigenvalue weighted by Gasteiger charge is 2.00. The van der Waals surface area contributed by atoms with Gasteiger partial charge >= 0.3 is 0 Å². The van der Waals surface area contributed by atoms with Crippen LogP contribution in [0.3, 0.4) is 0 Å². The Bertz CT molecular complexity index is 501. The summed E-state index contributed by atoms with van der Waals surface area (Å²) in [5.41, 5.74) is 6.07. The second kappa shape index (κ2) is 4.57. The van der Waals surface area contributed by atoms with Gasteiger partial charge in [-0.15, -0.1) is 0 Å². The molecule has 0 heterocycles. The van der Waals surface area contributed by atoms with Crippen LogP contribution < -0.4 is 5.46 Å². The summed E-state index contributed by atoms with van der Waals surface area (Å²) in [6, 6.07) is 14.8. The number of hydrogen-bond acceptors (Lipinski definition) is 0. The lowest BCUT2D eigenvalue weighted by Gasteiger charge is -2.08. The van der Waals surface area contributed by atoms with Gasteiger partial charge in [-0.05, 0) is 37.0 Å². The van der Waals surface area contributed by atoms with Crippen molar-refractivity contribution in [1.82, 2.24) is 0 Å². The summed E-state index contributed by atoms with van der Waals surface area (Å²) in [6.45, 7) is 4.20. The number of hydrogen-bond donors (Lipinski definition) is 0. The van der Waals surface area contributed by atoms with Gasteiger partial charge in [-0.3, -0.25) is 0 Å². The van der Waals surface area contributed by atoms with Crippen molar-refractivity contribution in [3.63, 3.8) is 0 Å². The molecular weight excluding hydrogens is 191 g/mol. The van der Waals surface area contributed by atoms with Gasteiger partial charge in [0.1, 0.15) is 7.85 Å². The van der Waals surface area contributed by atoms with E-state index in [0.29, 0.717) is 0 Å². The maximum atomic E-state index is 5.81. The predicted molar refractivity (Wildman–Crippen MR) is 70.6 cm³/mol. The van der Waals surface area contributed by atoms with E-state index in [1.54, 1.807) is 0 Å². The molecule has 2 aromatic carbocycles. The molecule has 0 N–H and O–H groups in total. The molecule has 0 aromatic heterocycles. The molecular formula is C15H15B. The van der Waals surface area contributed by atoms with E-state index < -0.39 is 0 Å². The van der Waals surface area contributed by atoms with E-state index in [-0.39, 0.29) is 0 Å². The summed E-state index contributed by atoms with van der Waals surface area (Å²) in [5.74, 6) is 0. The van der Waals surface area contributed by atoms with Gasteiger partial charge in [0, 0.05) is 0 Å². The maximum absolute atomic E-state index is 5.81. The minimum Gasteiger partial charge on any atom is -0.0938 e. The van der Waals surface area contributed by atoms with E-state index in [9.17, 15) is 0 Å². The molecule has 0 aliphatic rings. The van der Waals surface area contributed by atoms with Crippen LogP contribution in [0.1, 0.15) is 22.3 Å². The quantitative estimate of drug-likeness (QED) is 0.662. The van der Waals surface area contributed by atoms with Crippen LogP contribution in [-0.4, -0.2) is 7.85 Å². The van der Waals surface area contributed by atoms with Crippen molar-refractivity contribution >= 4 is 13.3 Å². The molecule has 0 bridgehead atoms. The van der Waals surface area contributed by atoms with Crippen molar-refractivity contribution in [2.75, 3.05) is 0 Å². The van der Waals surface area contributed by atoms with Gasteiger partial charge in [-0.1, -0.05) is 53.5 Å². The van der Waals surface area contributed by atoms with E-state index >= 15 is 0 Å². The van der Waals surface area contributed by atoms with Gasteiger partial charge in [-0.2, -0.15) is 0 Å². The summed E-state index contributed by atoms with van der Waals surface area (Å²) in [7, 11) is 5.81. The molecule has 2 rings (SSSR count). The van der Waals surface area contributed by atoms with Gasteiger partial charge in [0.15, 0.2) is 0 Å². The molecule has 0 saturated carbocycles. The molecule has 2 radical (unpaired) electrons. The largest absolute Gasteiger partial charge is 0.114 e. The van der Waals surface area contributed by atoms with Crippen LogP contribution in [0.15, 0.2) is 42.5 Å². The van der Waals surface area contributed by atoms with Gasteiger partial charge in [0.2, 0.25) is 0 Å². The van der Waals surface area contributed by atoms with E-state index in [4.69, 9.17) is 7.85 Å². The topological polar surface area (TPSA) is 0 Å². The Balaban J connectivity index is 2.28. The van der Waals surface area contributed by atoms with E-state index in [1.807, 2.05) is 6.07 Å². The Labute approximate surface area is 98.7 Å².